The maximum Gasteiger partial charge on any atom is 0.272 e. The van der Waals surface area contributed by atoms with Crippen LogP contribution in [0.25, 0.3) is 21.3 Å². The molecule has 0 amide bonds. The van der Waals surface area contributed by atoms with Crippen molar-refractivity contribution in [2.75, 3.05) is 11.9 Å². The zero-order valence-corrected chi connectivity index (χ0v) is 26.9. The molecule has 0 spiro atoms. The Morgan fingerprint density at radius 3 is 2.45 bits per heavy atom. The zero-order chi connectivity index (χ0) is 30.2. The molecule has 3 heterocycles. The fraction of sp³-hybridized carbons (Fsp3) is 0.133. The Hall–Kier alpha value is -3.19. The van der Waals surface area contributed by atoms with Crippen LogP contribution in [0, 0.1) is 6.92 Å². The van der Waals surface area contributed by atoms with Crippen LogP contribution in [0.2, 0.25) is 5.02 Å². The van der Waals surface area contributed by atoms with Crippen molar-refractivity contribution in [3.8, 4) is 0 Å². The molecule has 6 rings (SSSR count). The summed E-state index contributed by atoms with van der Waals surface area (Å²) in [7, 11) is -0.226. The average Bonchev–Trinajstić information content (AvgIpc) is 3.56. The Morgan fingerprint density at radius 2 is 1.79 bits per heavy atom. The van der Waals surface area contributed by atoms with E-state index in [9.17, 15) is 17.8 Å². The summed E-state index contributed by atoms with van der Waals surface area (Å²) in [6, 6.07) is 19.9. The molecule has 0 fully saturated rings. The van der Waals surface area contributed by atoms with Gasteiger partial charge in [-0.05, 0) is 43.3 Å². The molecule has 0 saturated carbocycles. The van der Waals surface area contributed by atoms with Crippen molar-refractivity contribution in [3.63, 3.8) is 0 Å². The minimum atomic E-state index is -4.27. The van der Waals surface area contributed by atoms with Crippen LogP contribution in [0.5, 0.6) is 0 Å². The number of aryl methyl sites for hydroxylation is 2. The molecule has 2 aromatic heterocycles. The van der Waals surface area contributed by atoms with Crippen LogP contribution in [-0.2, 0) is 23.7 Å². The number of rotatable bonds is 4. The third-order valence-electron chi connectivity index (χ3n) is 6.54. The number of benzene rings is 3. The predicted octanol–water partition coefficient (Wildman–Crippen LogP) is 4.82. The summed E-state index contributed by atoms with van der Waals surface area (Å²) < 4.78 is 38.0. The van der Waals surface area contributed by atoms with Gasteiger partial charge in [0.1, 0.15) is 36.1 Å². The molecule has 42 heavy (non-hydrogen) atoms. The Kier molecular flexibility index (Phi) is 8.79. The van der Waals surface area contributed by atoms with Crippen molar-refractivity contribution in [3.05, 3.63) is 115 Å². The van der Waals surface area contributed by atoms with Gasteiger partial charge in [-0.25, -0.2) is 8.42 Å². The van der Waals surface area contributed by atoms with E-state index in [1.165, 1.54) is 33.7 Å². The number of thiazole rings is 2. The maximum atomic E-state index is 13.4. The summed E-state index contributed by atoms with van der Waals surface area (Å²) in [5, 5.41) is 2.72. The molecule has 0 aliphatic carbocycles. The van der Waals surface area contributed by atoms with E-state index in [2.05, 4.69) is 41.3 Å². The highest BCUT2D eigenvalue weighted by atomic mass is 35.5. The molecule has 1 aliphatic heterocycles. The lowest BCUT2D eigenvalue weighted by molar-refractivity contribution is -0.642. The number of para-hydroxylation sites is 1. The Labute approximate surface area is 260 Å². The quantitative estimate of drug-likeness (QED) is 0.157. The summed E-state index contributed by atoms with van der Waals surface area (Å²) >= 11 is 11.1. The fourth-order valence-electron chi connectivity index (χ4n) is 4.35. The number of nitrogens with zero attached hydrogens (tertiary/aromatic N) is 3. The van der Waals surface area contributed by atoms with E-state index in [-0.39, 0.29) is 10.5 Å². The molecule has 5 aromatic rings. The number of fused-ring (bicyclic) bond motifs is 2. The first-order chi connectivity index (χ1) is 20.0. The first kappa shape index (κ1) is 30.3. The number of anilines is 1. The third-order valence-corrected chi connectivity index (χ3v) is 11.3. The second kappa shape index (κ2) is 12.2. The van der Waals surface area contributed by atoms with Gasteiger partial charge < -0.3 is 9.45 Å². The zero-order valence-electron chi connectivity index (χ0n) is 22.9. The lowest BCUT2D eigenvalue weighted by Gasteiger charge is -2.12. The first-order valence-electron chi connectivity index (χ1n) is 12.7. The molecule has 0 unspecified atom stereocenters. The number of aromatic nitrogens is 2. The molecule has 216 valence electrons. The van der Waals surface area contributed by atoms with E-state index in [1.54, 1.807) is 45.9 Å². The van der Waals surface area contributed by atoms with Gasteiger partial charge >= 0.3 is 0 Å². The smallest absolute Gasteiger partial charge is 0.272 e. The molecule has 3 aromatic carbocycles. The van der Waals surface area contributed by atoms with Crippen molar-refractivity contribution in [2.45, 2.75) is 23.3 Å². The summed E-state index contributed by atoms with van der Waals surface area (Å²) in [6.07, 6.45) is 3.87. The number of hydrogen-bond acceptors (Lipinski definition) is 8. The third kappa shape index (κ3) is 6.12. The number of hydrogen-bond donors (Lipinski definition) is 0. The molecule has 0 radical (unpaired) electrons. The van der Waals surface area contributed by atoms with Crippen molar-refractivity contribution < 1.29 is 17.5 Å². The van der Waals surface area contributed by atoms with E-state index >= 15 is 0 Å². The van der Waals surface area contributed by atoms with Crippen LogP contribution in [0.15, 0.2) is 94.0 Å². The summed E-state index contributed by atoms with van der Waals surface area (Å²) in [5.74, 6) is 0. The lowest BCUT2D eigenvalue weighted by Crippen LogP contribution is -2.34. The highest BCUT2D eigenvalue weighted by Gasteiger charge is 2.25. The second-order valence-electron chi connectivity index (χ2n) is 9.43. The highest BCUT2D eigenvalue weighted by molar-refractivity contribution is 8.08. The molecule has 7 nitrogen and oxygen atoms in total. The van der Waals surface area contributed by atoms with Gasteiger partial charge in [0, 0.05) is 29.6 Å². The predicted molar refractivity (Wildman–Crippen MR) is 173 cm³/mol. The van der Waals surface area contributed by atoms with Crippen LogP contribution in [0.3, 0.4) is 0 Å². The topological polar surface area (TPSA) is 86.3 Å². The van der Waals surface area contributed by atoms with E-state index in [0.29, 0.717) is 11.6 Å². The van der Waals surface area contributed by atoms with Crippen molar-refractivity contribution in [1.82, 2.24) is 4.57 Å². The van der Waals surface area contributed by atoms with Crippen molar-refractivity contribution in [2.24, 2.45) is 7.05 Å². The summed E-state index contributed by atoms with van der Waals surface area (Å²) in [4.78, 5) is 16.4. The Bertz CT molecular complexity index is 2110. The van der Waals surface area contributed by atoms with Gasteiger partial charge in [-0.2, -0.15) is 4.57 Å². The van der Waals surface area contributed by atoms with E-state index in [1.807, 2.05) is 44.3 Å². The van der Waals surface area contributed by atoms with E-state index < -0.39 is 10.1 Å². The minimum absolute atomic E-state index is 0.00756. The van der Waals surface area contributed by atoms with Gasteiger partial charge in [-0.1, -0.05) is 70.6 Å². The standard InChI is InChI=1S/C23H19ClN3OS3.C7H8O3S/c1-4-11-27-20(13-19-25(2)15-7-5-6-8-17(15)29-19)31-21(22(27)28)23-26(3)16-12-14(24)9-10-18(16)30-23;1-6-2-4-7(5-3-6)11(8,9)10/h4-10,12-13H,1,11H2,2-3H3;2-5H,1H3,(H,8,9,10)/q+1;/p-1/b23-21-;. The van der Waals surface area contributed by atoms with Gasteiger partial charge in [0.15, 0.2) is 0 Å². The lowest BCUT2D eigenvalue weighted by atomic mass is 10.2. The Morgan fingerprint density at radius 1 is 1.07 bits per heavy atom. The molecule has 0 atom stereocenters. The van der Waals surface area contributed by atoms with Crippen molar-refractivity contribution >= 4 is 83.2 Å². The van der Waals surface area contributed by atoms with E-state index in [0.717, 1.165) is 35.4 Å². The second-order valence-corrected chi connectivity index (χ2v) is 14.4. The summed E-state index contributed by atoms with van der Waals surface area (Å²) in [6.45, 7) is 6.14. The van der Waals surface area contributed by atoms with E-state index in [4.69, 9.17) is 11.6 Å². The van der Waals surface area contributed by atoms with Crippen LogP contribution in [0.4, 0.5) is 5.69 Å². The molecule has 0 bridgehead atoms. The van der Waals surface area contributed by atoms with Gasteiger partial charge in [0.25, 0.3) is 10.6 Å². The molecule has 12 heteroatoms. The van der Waals surface area contributed by atoms with Crippen LogP contribution < -0.4 is 24.2 Å². The van der Waals surface area contributed by atoms with Crippen LogP contribution in [0.1, 0.15) is 10.6 Å². The van der Waals surface area contributed by atoms with Gasteiger partial charge in [-0.15, -0.1) is 17.9 Å². The SMILES string of the molecule is C=CCn1c(=O)/c(=C2/Sc3ccc(Cl)cc3N2C)s/c1=C/c1sc2ccccc2[n+]1C.Cc1ccc(S(=O)(=O)[O-])cc1. The number of allylic oxidation sites excluding steroid dienone is 1. The normalized spacial score (nSPS) is 14.6. The van der Waals surface area contributed by atoms with Crippen LogP contribution in [-0.4, -0.2) is 24.6 Å². The van der Waals surface area contributed by atoms with Gasteiger partial charge in [0.2, 0.25) is 5.52 Å². The molecule has 0 N–H and O–H groups in total. The number of thioether (sulfide) groups is 1. The maximum absolute atomic E-state index is 13.4. The average molecular weight is 656 g/mol. The Balaban J connectivity index is 0.000000271. The fourth-order valence-corrected chi connectivity index (χ4v) is 8.52. The first-order valence-corrected chi connectivity index (χ1v) is 16.9. The van der Waals surface area contributed by atoms with Crippen molar-refractivity contribution in [1.29, 1.82) is 0 Å². The minimum Gasteiger partial charge on any atom is -0.744 e. The summed E-state index contributed by atoms with van der Waals surface area (Å²) in [5.41, 5.74) is 3.14. The molecular weight excluding hydrogens is 630 g/mol. The van der Waals surface area contributed by atoms with Crippen LogP contribution >= 0.6 is 46.0 Å². The molecule has 0 saturated heterocycles. The molecule has 1 aliphatic rings. The monoisotopic (exact) mass is 655 g/mol. The highest BCUT2D eigenvalue weighted by Crippen LogP contribution is 2.46. The number of halogens is 1. The molecular formula is C30H26ClN3O4S4. The van der Waals surface area contributed by atoms with Gasteiger partial charge in [0.05, 0.1) is 16.7 Å². The largest absolute Gasteiger partial charge is 0.744 e. The van der Waals surface area contributed by atoms with Gasteiger partial charge in [-0.3, -0.25) is 9.36 Å².